The molecule has 0 amide bonds. The molecule has 1 N–H and O–H groups in total. The van der Waals surface area contributed by atoms with Crippen molar-refractivity contribution >= 4 is 11.6 Å². The quantitative estimate of drug-likeness (QED) is 0.582. The molecule has 1 heterocycles. The highest BCUT2D eigenvalue weighted by Gasteiger charge is 2.04. The summed E-state index contributed by atoms with van der Waals surface area (Å²) in [5, 5.41) is 9.19. The van der Waals surface area contributed by atoms with Crippen molar-refractivity contribution in [3.05, 3.63) is 16.7 Å². The molecule has 0 bridgehead atoms. The van der Waals surface area contributed by atoms with E-state index in [1.807, 2.05) is 0 Å². The Balaban J connectivity index is 3.31. The predicted molar refractivity (Wildman–Crippen MR) is 38.2 cm³/mol. The Kier molecular flexibility index (Phi) is 1.76. The predicted octanol–water partition coefficient (Wildman–Crippen LogP) is 1.45. The van der Waals surface area contributed by atoms with Gasteiger partial charge in [0.2, 0.25) is 0 Å². The lowest BCUT2D eigenvalue weighted by molar-refractivity contribution is 0.464. The second-order valence-electron chi connectivity index (χ2n) is 2.00. The summed E-state index contributed by atoms with van der Waals surface area (Å²) >= 11 is 5.52. The summed E-state index contributed by atoms with van der Waals surface area (Å²) in [6, 6.07) is 0. The largest absolute Gasteiger partial charge is 0.503 e. The minimum absolute atomic E-state index is 0.0349. The molecule has 0 aliphatic heterocycles. The van der Waals surface area contributed by atoms with Crippen molar-refractivity contribution in [3.63, 3.8) is 0 Å². The number of aryl methyl sites for hydroxylation is 2. The standard InChI is InChI=1S/C6H7ClN2O/c1-3-5(10)6(7)9-4(2)8-3/h10H,1-2H3. The Labute approximate surface area is 63.7 Å². The summed E-state index contributed by atoms with van der Waals surface area (Å²) in [5.74, 6) is 0.535. The van der Waals surface area contributed by atoms with Crippen LogP contribution in [0.3, 0.4) is 0 Å². The Morgan fingerprint density at radius 2 is 1.90 bits per heavy atom. The van der Waals surface area contributed by atoms with Gasteiger partial charge >= 0.3 is 0 Å². The van der Waals surface area contributed by atoms with Gasteiger partial charge < -0.3 is 5.11 Å². The average Bonchev–Trinajstić information content (AvgIpc) is 1.82. The van der Waals surface area contributed by atoms with Crippen LogP contribution in [0, 0.1) is 13.8 Å². The highest BCUT2D eigenvalue weighted by Crippen LogP contribution is 2.22. The molecule has 3 nitrogen and oxygen atoms in total. The van der Waals surface area contributed by atoms with Gasteiger partial charge in [-0.25, -0.2) is 9.97 Å². The molecule has 0 radical (unpaired) electrons. The van der Waals surface area contributed by atoms with Crippen molar-refractivity contribution in [2.24, 2.45) is 0 Å². The monoisotopic (exact) mass is 158 g/mol. The maximum absolute atomic E-state index is 9.07. The van der Waals surface area contributed by atoms with Gasteiger partial charge in [0, 0.05) is 0 Å². The molecular weight excluding hydrogens is 152 g/mol. The molecule has 0 saturated heterocycles. The summed E-state index contributed by atoms with van der Waals surface area (Å²) in [5.41, 5.74) is 0.512. The normalized spacial score (nSPS) is 9.90. The maximum Gasteiger partial charge on any atom is 0.174 e. The first-order chi connectivity index (χ1) is 4.61. The minimum Gasteiger partial charge on any atom is -0.503 e. The molecule has 10 heavy (non-hydrogen) atoms. The van der Waals surface area contributed by atoms with Crippen LogP contribution in [0.5, 0.6) is 5.75 Å². The summed E-state index contributed by atoms with van der Waals surface area (Å²) < 4.78 is 0. The summed E-state index contributed by atoms with van der Waals surface area (Å²) in [6.45, 7) is 3.40. The van der Waals surface area contributed by atoms with Gasteiger partial charge in [0.15, 0.2) is 10.9 Å². The van der Waals surface area contributed by atoms with Gasteiger partial charge in [-0.1, -0.05) is 11.6 Å². The molecule has 0 aliphatic carbocycles. The molecule has 0 atom stereocenters. The molecule has 0 aliphatic rings. The van der Waals surface area contributed by atoms with Crippen molar-refractivity contribution < 1.29 is 5.11 Å². The summed E-state index contributed by atoms with van der Waals surface area (Å²) in [6.07, 6.45) is 0. The van der Waals surface area contributed by atoms with Crippen LogP contribution in [0.1, 0.15) is 11.5 Å². The van der Waals surface area contributed by atoms with E-state index in [-0.39, 0.29) is 10.9 Å². The van der Waals surface area contributed by atoms with Crippen molar-refractivity contribution in [3.8, 4) is 5.75 Å². The Hall–Kier alpha value is -0.830. The van der Waals surface area contributed by atoms with Gasteiger partial charge in [-0.2, -0.15) is 0 Å². The van der Waals surface area contributed by atoms with E-state index in [4.69, 9.17) is 16.7 Å². The first-order valence-electron chi connectivity index (χ1n) is 2.81. The zero-order valence-corrected chi connectivity index (χ0v) is 6.48. The highest BCUT2D eigenvalue weighted by molar-refractivity contribution is 6.30. The fraction of sp³-hybridized carbons (Fsp3) is 0.333. The van der Waals surface area contributed by atoms with Crippen LogP contribution in [-0.4, -0.2) is 15.1 Å². The number of hydrogen-bond acceptors (Lipinski definition) is 3. The smallest absolute Gasteiger partial charge is 0.174 e. The van der Waals surface area contributed by atoms with Crippen LogP contribution >= 0.6 is 11.6 Å². The second-order valence-corrected chi connectivity index (χ2v) is 2.35. The van der Waals surface area contributed by atoms with Crippen LogP contribution in [0.4, 0.5) is 0 Å². The molecular formula is C6H7ClN2O. The Morgan fingerprint density at radius 1 is 1.30 bits per heavy atom. The van der Waals surface area contributed by atoms with E-state index in [9.17, 15) is 0 Å². The van der Waals surface area contributed by atoms with E-state index in [0.29, 0.717) is 11.5 Å². The van der Waals surface area contributed by atoms with Crippen LogP contribution in [-0.2, 0) is 0 Å². The number of rotatable bonds is 0. The molecule has 54 valence electrons. The molecule has 4 heteroatoms. The third kappa shape index (κ3) is 1.19. The number of hydrogen-bond donors (Lipinski definition) is 1. The van der Waals surface area contributed by atoms with Crippen LogP contribution in [0.25, 0.3) is 0 Å². The number of aromatic nitrogens is 2. The van der Waals surface area contributed by atoms with Gasteiger partial charge in [-0.05, 0) is 13.8 Å². The lowest BCUT2D eigenvalue weighted by atomic mass is 10.4. The van der Waals surface area contributed by atoms with E-state index in [0.717, 1.165) is 0 Å². The first-order valence-corrected chi connectivity index (χ1v) is 3.18. The first kappa shape index (κ1) is 7.28. The average molecular weight is 159 g/mol. The minimum atomic E-state index is -0.0349. The van der Waals surface area contributed by atoms with Crippen LogP contribution < -0.4 is 0 Å². The highest BCUT2D eigenvalue weighted by atomic mass is 35.5. The van der Waals surface area contributed by atoms with Gasteiger partial charge in [0.25, 0.3) is 0 Å². The summed E-state index contributed by atoms with van der Waals surface area (Å²) in [7, 11) is 0. The van der Waals surface area contributed by atoms with Crippen LogP contribution in [0.2, 0.25) is 5.15 Å². The number of halogens is 1. The Bertz CT molecular complexity index is 239. The van der Waals surface area contributed by atoms with Crippen molar-refractivity contribution in [2.45, 2.75) is 13.8 Å². The number of aromatic hydroxyl groups is 1. The van der Waals surface area contributed by atoms with E-state index in [2.05, 4.69) is 9.97 Å². The van der Waals surface area contributed by atoms with Gasteiger partial charge in [0.1, 0.15) is 5.82 Å². The molecule has 0 unspecified atom stereocenters. The summed E-state index contributed by atoms with van der Waals surface area (Å²) in [4.78, 5) is 7.63. The third-order valence-corrected chi connectivity index (χ3v) is 1.39. The fourth-order valence-corrected chi connectivity index (χ4v) is 0.924. The molecule has 1 rings (SSSR count). The lowest BCUT2D eigenvalue weighted by Gasteiger charge is -1.99. The van der Waals surface area contributed by atoms with E-state index in [1.165, 1.54) is 0 Å². The van der Waals surface area contributed by atoms with Crippen molar-refractivity contribution in [1.82, 2.24) is 9.97 Å². The zero-order chi connectivity index (χ0) is 7.72. The topological polar surface area (TPSA) is 46.0 Å². The number of nitrogens with zero attached hydrogens (tertiary/aromatic N) is 2. The molecule has 0 fully saturated rings. The van der Waals surface area contributed by atoms with Gasteiger partial charge in [-0.3, -0.25) is 0 Å². The zero-order valence-electron chi connectivity index (χ0n) is 5.72. The van der Waals surface area contributed by atoms with Crippen LogP contribution in [0.15, 0.2) is 0 Å². The Morgan fingerprint density at radius 3 is 2.40 bits per heavy atom. The lowest BCUT2D eigenvalue weighted by Crippen LogP contribution is -1.91. The second kappa shape index (κ2) is 2.42. The molecule has 1 aromatic rings. The molecule has 0 aromatic carbocycles. The van der Waals surface area contributed by atoms with E-state index in [1.54, 1.807) is 13.8 Å². The van der Waals surface area contributed by atoms with Crippen molar-refractivity contribution in [2.75, 3.05) is 0 Å². The third-order valence-electron chi connectivity index (χ3n) is 1.13. The molecule has 0 saturated carbocycles. The van der Waals surface area contributed by atoms with Crippen molar-refractivity contribution in [1.29, 1.82) is 0 Å². The maximum atomic E-state index is 9.07. The van der Waals surface area contributed by atoms with Gasteiger partial charge in [0.05, 0.1) is 5.69 Å². The molecule has 0 spiro atoms. The molecule has 1 aromatic heterocycles. The SMILES string of the molecule is Cc1nc(C)c(O)c(Cl)n1. The van der Waals surface area contributed by atoms with Gasteiger partial charge in [-0.15, -0.1) is 0 Å². The fourth-order valence-electron chi connectivity index (χ4n) is 0.665. The van der Waals surface area contributed by atoms with E-state index >= 15 is 0 Å². The van der Waals surface area contributed by atoms with E-state index < -0.39 is 0 Å².